The molecule has 7 heteroatoms. The molecule has 0 atom stereocenters. The van der Waals surface area contributed by atoms with Crippen LogP contribution in [0.15, 0.2) is 30.6 Å². The van der Waals surface area contributed by atoms with Crippen LogP contribution in [0.1, 0.15) is 0 Å². The van der Waals surface area contributed by atoms with E-state index < -0.39 is 18.4 Å². The molecule has 2 N–H and O–H groups in total. The number of hydrogen-bond acceptors (Lipinski definition) is 5. The van der Waals surface area contributed by atoms with E-state index in [1.165, 1.54) is 6.33 Å². The average Bonchev–Trinajstić information content (AvgIpc) is 2.42. The summed E-state index contributed by atoms with van der Waals surface area (Å²) in [5, 5.41) is 11.3. The molecular weight excluding hydrogens is 250 g/mol. The van der Waals surface area contributed by atoms with Crippen molar-refractivity contribution < 1.29 is 19.4 Å². The van der Waals surface area contributed by atoms with E-state index in [-0.39, 0.29) is 12.5 Å². The van der Waals surface area contributed by atoms with Crippen molar-refractivity contribution in [3.05, 3.63) is 30.6 Å². The van der Waals surface area contributed by atoms with Crippen molar-refractivity contribution in [3.8, 4) is 5.88 Å². The first-order valence-corrected chi connectivity index (χ1v) is 5.48. The molecule has 1 amide bonds. The van der Waals surface area contributed by atoms with Crippen LogP contribution in [0.4, 0.5) is 0 Å². The van der Waals surface area contributed by atoms with Gasteiger partial charge >= 0.3 is 5.97 Å². The molecule has 1 aromatic carbocycles. The van der Waals surface area contributed by atoms with Gasteiger partial charge in [0.25, 0.3) is 5.91 Å². The Kier molecular flexibility index (Phi) is 3.87. The first-order valence-electron chi connectivity index (χ1n) is 5.48. The van der Waals surface area contributed by atoms with Gasteiger partial charge in [-0.2, -0.15) is 0 Å². The van der Waals surface area contributed by atoms with Gasteiger partial charge in [-0.15, -0.1) is 0 Å². The number of carbonyl (C=O) groups excluding carboxylic acids is 1. The van der Waals surface area contributed by atoms with Gasteiger partial charge in [0.1, 0.15) is 12.9 Å². The van der Waals surface area contributed by atoms with Gasteiger partial charge in [0, 0.05) is 0 Å². The van der Waals surface area contributed by atoms with Crippen LogP contribution in [0.25, 0.3) is 10.9 Å². The van der Waals surface area contributed by atoms with Crippen LogP contribution in [0.5, 0.6) is 5.88 Å². The molecule has 0 radical (unpaired) electrons. The molecular formula is C12H11N3O4. The van der Waals surface area contributed by atoms with Crippen molar-refractivity contribution in [1.29, 1.82) is 0 Å². The molecule has 2 rings (SSSR count). The van der Waals surface area contributed by atoms with Crippen LogP contribution in [-0.4, -0.2) is 40.1 Å². The monoisotopic (exact) mass is 261 g/mol. The van der Waals surface area contributed by atoms with Crippen LogP contribution >= 0.6 is 0 Å². The van der Waals surface area contributed by atoms with Crippen molar-refractivity contribution in [2.75, 3.05) is 13.2 Å². The standard InChI is InChI=1S/C12H11N3O4/c16-10(13-5-11(17)18)6-19-12-8-3-1-2-4-9(8)14-7-15-12/h1-4,7H,5-6H2,(H,13,16)(H,17,18). The third-order valence-electron chi connectivity index (χ3n) is 2.28. The van der Waals surface area contributed by atoms with Gasteiger partial charge in [0.2, 0.25) is 5.88 Å². The molecule has 7 nitrogen and oxygen atoms in total. The highest BCUT2D eigenvalue weighted by Gasteiger charge is 2.08. The number of hydrogen-bond donors (Lipinski definition) is 2. The van der Waals surface area contributed by atoms with Crippen LogP contribution in [-0.2, 0) is 9.59 Å². The van der Waals surface area contributed by atoms with E-state index in [9.17, 15) is 9.59 Å². The van der Waals surface area contributed by atoms with E-state index >= 15 is 0 Å². The Balaban J connectivity index is 2.02. The molecule has 0 saturated carbocycles. The minimum atomic E-state index is -1.11. The minimum absolute atomic E-state index is 0.288. The SMILES string of the molecule is O=C(O)CNC(=O)COc1ncnc2ccccc12. The zero-order chi connectivity index (χ0) is 13.7. The number of nitrogens with zero attached hydrogens (tertiary/aromatic N) is 2. The predicted octanol–water partition coefficient (Wildman–Crippen LogP) is 0.209. The van der Waals surface area contributed by atoms with Crippen LogP contribution in [0, 0.1) is 0 Å². The summed E-state index contributed by atoms with van der Waals surface area (Å²) in [5.41, 5.74) is 0.707. The largest absolute Gasteiger partial charge is 0.480 e. The predicted molar refractivity (Wildman–Crippen MR) is 65.7 cm³/mol. The number of aromatic nitrogens is 2. The maximum Gasteiger partial charge on any atom is 0.322 e. The fraction of sp³-hybridized carbons (Fsp3) is 0.167. The van der Waals surface area contributed by atoms with Gasteiger partial charge < -0.3 is 15.2 Å². The number of para-hydroxylation sites is 1. The molecule has 1 heterocycles. The van der Waals surface area contributed by atoms with Crippen molar-refractivity contribution >= 4 is 22.8 Å². The van der Waals surface area contributed by atoms with Gasteiger partial charge in [-0.25, -0.2) is 9.97 Å². The number of aliphatic carboxylic acids is 1. The molecule has 1 aromatic heterocycles. The quantitative estimate of drug-likeness (QED) is 0.797. The topological polar surface area (TPSA) is 101 Å². The third-order valence-corrected chi connectivity index (χ3v) is 2.28. The van der Waals surface area contributed by atoms with Crippen LogP contribution < -0.4 is 10.1 Å². The highest BCUT2D eigenvalue weighted by Crippen LogP contribution is 2.20. The van der Waals surface area contributed by atoms with Crippen LogP contribution in [0.2, 0.25) is 0 Å². The Labute approximate surface area is 108 Å². The van der Waals surface area contributed by atoms with Gasteiger partial charge in [0.15, 0.2) is 6.61 Å². The lowest BCUT2D eigenvalue weighted by molar-refractivity contribution is -0.138. The van der Waals surface area contributed by atoms with Crippen molar-refractivity contribution in [2.45, 2.75) is 0 Å². The molecule has 0 unspecified atom stereocenters. The number of fused-ring (bicyclic) bond motifs is 1. The average molecular weight is 261 g/mol. The first kappa shape index (κ1) is 12.7. The molecule has 98 valence electrons. The number of nitrogens with one attached hydrogen (secondary N) is 1. The number of carboxylic acids is 1. The normalized spacial score (nSPS) is 10.1. The lowest BCUT2D eigenvalue weighted by Gasteiger charge is -2.07. The minimum Gasteiger partial charge on any atom is -0.480 e. The summed E-state index contributed by atoms with van der Waals surface area (Å²) in [6.45, 7) is -0.735. The molecule has 0 aliphatic rings. The van der Waals surface area contributed by atoms with Crippen molar-refractivity contribution in [2.24, 2.45) is 0 Å². The Bertz CT molecular complexity index is 609. The van der Waals surface area contributed by atoms with Crippen molar-refractivity contribution in [1.82, 2.24) is 15.3 Å². The zero-order valence-corrected chi connectivity index (χ0v) is 9.87. The van der Waals surface area contributed by atoms with E-state index in [0.29, 0.717) is 10.9 Å². The number of carbonyl (C=O) groups is 2. The molecule has 0 spiro atoms. The Morgan fingerprint density at radius 3 is 2.84 bits per heavy atom. The summed E-state index contributed by atoms with van der Waals surface area (Å²) in [4.78, 5) is 29.6. The maximum atomic E-state index is 11.3. The third kappa shape index (κ3) is 3.38. The summed E-state index contributed by atoms with van der Waals surface area (Å²) >= 11 is 0. The number of amides is 1. The molecule has 0 saturated heterocycles. The molecule has 0 bridgehead atoms. The fourth-order valence-electron chi connectivity index (χ4n) is 1.45. The van der Waals surface area contributed by atoms with Gasteiger partial charge in [-0.1, -0.05) is 12.1 Å². The van der Waals surface area contributed by atoms with Crippen molar-refractivity contribution in [3.63, 3.8) is 0 Å². The fourth-order valence-corrected chi connectivity index (χ4v) is 1.45. The zero-order valence-electron chi connectivity index (χ0n) is 9.87. The molecule has 0 aliphatic carbocycles. The molecule has 0 fully saturated rings. The second-order valence-corrected chi connectivity index (χ2v) is 3.66. The summed E-state index contributed by atoms with van der Waals surface area (Å²) in [6, 6.07) is 7.22. The second kappa shape index (κ2) is 5.76. The second-order valence-electron chi connectivity index (χ2n) is 3.66. The summed E-state index contributed by atoms with van der Waals surface area (Å²) in [5.74, 6) is -1.35. The maximum absolute atomic E-state index is 11.3. The summed E-state index contributed by atoms with van der Waals surface area (Å²) in [7, 11) is 0. The number of ether oxygens (including phenoxy) is 1. The highest BCUT2D eigenvalue weighted by atomic mass is 16.5. The first-order chi connectivity index (χ1) is 9.16. The highest BCUT2D eigenvalue weighted by molar-refractivity contribution is 5.84. The van der Waals surface area contributed by atoms with E-state index in [2.05, 4.69) is 15.3 Å². The lowest BCUT2D eigenvalue weighted by Crippen LogP contribution is -2.33. The Morgan fingerprint density at radius 1 is 1.26 bits per heavy atom. The summed E-state index contributed by atoms with van der Waals surface area (Å²) < 4.78 is 5.26. The van der Waals surface area contributed by atoms with Crippen LogP contribution in [0.3, 0.4) is 0 Å². The molecule has 0 aliphatic heterocycles. The Morgan fingerprint density at radius 2 is 2.05 bits per heavy atom. The van der Waals surface area contributed by atoms with E-state index in [1.807, 2.05) is 12.1 Å². The van der Waals surface area contributed by atoms with Gasteiger partial charge in [-0.05, 0) is 12.1 Å². The van der Waals surface area contributed by atoms with Gasteiger partial charge in [0.05, 0.1) is 10.9 Å². The van der Waals surface area contributed by atoms with Gasteiger partial charge in [-0.3, -0.25) is 9.59 Å². The van der Waals surface area contributed by atoms with E-state index in [1.54, 1.807) is 12.1 Å². The summed E-state index contributed by atoms with van der Waals surface area (Å²) in [6.07, 6.45) is 1.34. The smallest absolute Gasteiger partial charge is 0.322 e. The lowest BCUT2D eigenvalue weighted by atomic mass is 10.2. The van der Waals surface area contributed by atoms with E-state index in [0.717, 1.165) is 0 Å². The van der Waals surface area contributed by atoms with E-state index in [4.69, 9.17) is 9.84 Å². The number of carboxylic acid groups (broad SMARTS) is 1. The molecule has 19 heavy (non-hydrogen) atoms. The number of benzene rings is 1. The molecule has 2 aromatic rings. The number of rotatable bonds is 5. The Hall–Kier alpha value is -2.70.